The fourth-order valence-corrected chi connectivity index (χ4v) is 6.85. The molecule has 0 radical (unpaired) electrons. The van der Waals surface area contributed by atoms with Crippen molar-refractivity contribution in [3.63, 3.8) is 0 Å². The van der Waals surface area contributed by atoms with Crippen LogP contribution < -0.4 is 11.1 Å². The predicted octanol–water partition coefficient (Wildman–Crippen LogP) is 5.52. The largest absolute Gasteiger partial charge is 0.309 e. The summed E-state index contributed by atoms with van der Waals surface area (Å²) in [6, 6.07) is 5.77. The summed E-state index contributed by atoms with van der Waals surface area (Å²) in [5.74, 6) is 0.563. The number of thioether (sulfide) groups is 1. The maximum absolute atomic E-state index is 12.9. The molecular weight excluding hydrogens is 469 g/mol. The monoisotopic (exact) mass is 484 g/mol. The minimum absolute atomic E-state index is 0.0865. The molecule has 5 heterocycles. The van der Waals surface area contributed by atoms with Crippen LogP contribution in [-0.2, 0) is 6.54 Å². The molecule has 0 fully saturated rings. The summed E-state index contributed by atoms with van der Waals surface area (Å²) >= 11 is 5.90. The second kappa shape index (κ2) is 8.19. The highest BCUT2D eigenvalue weighted by Gasteiger charge is 2.20. The van der Waals surface area contributed by atoms with Gasteiger partial charge in [0, 0.05) is 22.4 Å². The summed E-state index contributed by atoms with van der Waals surface area (Å²) in [7, 11) is 0. The first-order valence-electron chi connectivity index (χ1n) is 9.37. The molecule has 0 spiro atoms. The van der Waals surface area contributed by atoms with Gasteiger partial charge in [0.25, 0.3) is 11.1 Å². The number of H-pyrrole nitrogens is 1. The van der Waals surface area contributed by atoms with Gasteiger partial charge in [0.05, 0.1) is 16.0 Å². The zero-order chi connectivity index (χ0) is 21.5. The van der Waals surface area contributed by atoms with Gasteiger partial charge in [0.1, 0.15) is 15.5 Å². The highest BCUT2D eigenvalue weighted by molar-refractivity contribution is 7.99. The van der Waals surface area contributed by atoms with Crippen LogP contribution in [0.1, 0.15) is 18.0 Å². The van der Waals surface area contributed by atoms with Crippen molar-refractivity contribution in [2.75, 3.05) is 0 Å². The Labute approximate surface area is 192 Å². The number of thiophene rings is 3. The number of hydrogen-bond acceptors (Lipinski definition) is 8. The summed E-state index contributed by atoms with van der Waals surface area (Å²) in [6.45, 7) is 6.08. The molecule has 5 rings (SSSR count). The molecule has 1 N–H and O–H groups in total. The third-order valence-electron chi connectivity index (χ3n) is 4.78. The third kappa shape index (κ3) is 3.59. The molecule has 0 saturated heterocycles. The molecule has 156 valence electrons. The summed E-state index contributed by atoms with van der Waals surface area (Å²) in [6.07, 6.45) is 1.68. The lowest BCUT2D eigenvalue weighted by molar-refractivity contribution is 0.670. The molecule has 0 aliphatic carbocycles. The average Bonchev–Trinajstić information content (AvgIpc) is 3.50. The molecule has 0 bridgehead atoms. The van der Waals surface area contributed by atoms with Gasteiger partial charge in [0.15, 0.2) is 5.16 Å². The molecular formula is C21H16N4O2S4. The van der Waals surface area contributed by atoms with E-state index in [4.69, 9.17) is 4.98 Å². The van der Waals surface area contributed by atoms with E-state index in [9.17, 15) is 9.59 Å². The predicted molar refractivity (Wildman–Crippen MR) is 132 cm³/mol. The lowest BCUT2D eigenvalue weighted by atomic mass is 10.2. The van der Waals surface area contributed by atoms with Crippen LogP contribution in [0.25, 0.3) is 30.9 Å². The molecule has 10 heteroatoms. The minimum atomic E-state index is -0.204. The van der Waals surface area contributed by atoms with Crippen LogP contribution in [0.15, 0.2) is 61.7 Å². The average molecular weight is 485 g/mol. The topological polar surface area (TPSA) is 80.6 Å². The standard InChI is InChI=1S/C21H16N4O2S4/c1-3-7-25-20(27)12-6-9-29-18(12)24-21(25)31-11(2)16-22-17(26)15-13(10-30-19(15)23-16)14-5-4-8-28-14/h3-6,8-11H,1,7H2,2H3,(H,22,23,26). The van der Waals surface area contributed by atoms with E-state index in [1.165, 1.54) is 34.4 Å². The van der Waals surface area contributed by atoms with E-state index in [0.29, 0.717) is 38.0 Å². The van der Waals surface area contributed by atoms with E-state index < -0.39 is 0 Å². The first kappa shape index (κ1) is 20.4. The van der Waals surface area contributed by atoms with Gasteiger partial charge in [-0.05, 0) is 29.8 Å². The summed E-state index contributed by atoms with van der Waals surface area (Å²) in [4.78, 5) is 40.6. The summed E-state index contributed by atoms with van der Waals surface area (Å²) in [5, 5.41) is 7.45. The van der Waals surface area contributed by atoms with E-state index in [1.807, 2.05) is 35.2 Å². The van der Waals surface area contributed by atoms with Gasteiger partial charge in [-0.15, -0.1) is 40.6 Å². The highest BCUT2D eigenvalue weighted by Crippen LogP contribution is 2.36. The number of nitrogens with one attached hydrogen (secondary N) is 1. The van der Waals surface area contributed by atoms with Crippen molar-refractivity contribution >= 4 is 66.2 Å². The molecule has 0 saturated carbocycles. The molecule has 1 atom stereocenters. The van der Waals surface area contributed by atoms with E-state index in [1.54, 1.807) is 28.0 Å². The number of rotatable bonds is 6. The van der Waals surface area contributed by atoms with Crippen LogP contribution in [0.2, 0.25) is 0 Å². The Morgan fingerprint density at radius 1 is 1.19 bits per heavy atom. The first-order chi connectivity index (χ1) is 15.1. The highest BCUT2D eigenvalue weighted by atomic mass is 32.2. The molecule has 31 heavy (non-hydrogen) atoms. The van der Waals surface area contributed by atoms with Gasteiger partial charge in [0.2, 0.25) is 0 Å². The van der Waals surface area contributed by atoms with Crippen molar-refractivity contribution in [3.05, 3.63) is 73.5 Å². The normalized spacial score (nSPS) is 12.5. The molecule has 0 aliphatic rings. The van der Waals surface area contributed by atoms with Crippen molar-refractivity contribution in [3.8, 4) is 10.4 Å². The Morgan fingerprint density at radius 3 is 2.84 bits per heavy atom. The van der Waals surface area contributed by atoms with Gasteiger partial charge in [-0.3, -0.25) is 14.2 Å². The number of allylic oxidation sites excluding steroid dienone is 1. The fourth-order valence-electron chi connectivity index (χ4n) is 3.30. The second-order valence-electron chi connectivity index (χ2n) is 6.76. The van der Waals surface area contributed by atoms with E-state index >= 15 is 0 Å². The molecule has 0 aliphatic heterocycles. The van der Waals surface area contributed by atoms with Crippen LogP contribution in [-0.4, -0.2) is 19.5 Å². The SMILES string of the molecule is C=CCn1c(SC(C)c2nc3scc(-c4cccs4)c3c(=O)[nH]2)nc2sccc2c1=O. The van der Waals surface area contributed by atoms with Crippen LogP contribution in [0.3, 0.4) is 0 Å². The Bertz CT molecular complexity index is 1520. The minimum Gasteiger partial charge on any atom is -0.309 e. The molecule has 6 nitrogen and oxygen atoms in total. The third-order valence-corrected chi connectivity index (χ3v) is 8.46. The molecule has 1 unspecified atom stereocenters. The number of nitrogens with zero attached hydrogens (tertiary/aromatic N) is 3. The number of hydrogen-bond donors (Lipinski definition) is 1. The molecule has 5 aromatic heterocycles. The van der Waals surface area contributed by atoms with Crippen LogP contribution in [0.5, 0.6) is 0 Å². The number of aromatic nitrogens is 4. The van der Waals surface area contributed by atoms with Crippen molar-refractivity contribution in [1.82, 2.24) is 19.5 Å². The lowest BCUT2D eigenvalue weighted by Crippen LogP contribution is -2.22. The Balaban J connectivity index is 1.55. The van der Waals surface area contributed by atoms with Crippen LogP contribution in [0, 0.1) is 0 Å². The molecule has 5 aromatic rings. The Kier molecular flexibility index (Phi) is 5.39. The fraction of sp³-hybridized carbons (Fsp3) is 0.143. The second-order valence-corrected chi connectivity index (χ2v) is 10.8. The van der Waals surface area contributed by atoms with Gasteiger partial charge < -0.3 is 4.98 Å². The maximum Gasteiger partial charge on any atom is 0.263 e. The quantitative estimate of drug-likeness (QED) is 0.195. The summed E-state index contributed by atoms with van der Waals surface area (Å²) in [5.41, 5.74) is 0.680. The van der Waals surface area contributed by atoms with Gasteiger partial charge >= 0.3 is 0 Å². The Hall–Kier alpha value is -2.53. The zero-order valence-electron chi connectivity index (χ0n) is 16.3. The number of fused-ring (bicyclic) bond motifs is 2. The van der Waals surface area contributed by atoms with Crippen molar-refractivity contribution in [1.29, 1.82) is 0 Å². The van der Waals surface area contributed by atoms with Gasteiger partial charge in [-0.25, -0.2) is 9.97 Å². The Morgan fingerprint density at radius 2 is 2.06 bits per heavy atom. The molecule has 0 aromatic carbocycles. The maximum atomic E-state index is 12.9. The van der Waals surface area contributed by atoms with Crippen molar-refractivity contribution in [2.45, 2.75) is 23.9 Å². The van der Waals surface area contributed by atoms with E-state index in [0.717, 1.165) is 10.4 Å². The number of aromatic amines is 1. The van der Waals surface area contributed by atoms with Gasteiger partial charge in [-0.1, -0.05) is 23.9 Å². The zero-order valence-corrected chi connectivity index (χ0v) is 19.6. The first-order valence-corrected chi connectivity index (χ1v) is 12.9. The van der Waals surface area contributed by atoms with Crippen LogP contribution >= 0.6 is 45.8 Å². The van der Waals surface area contributed by atoms with Crippen molar-refractivity contribution < 1.29 is 0 Å². The smallest absolute Gasteiger partial charge is 0.263 e. The lowest BCUT2D eigenvalue weighted by Gasteiger charge is -2.14. The van der Waals surface area contributed by atoms with Crippen LogP contribution in [0.4, 0.5) is 0 Å². The van der Waals surface area contributed by atoms with E-state index in [2.05, 4.69) is 16.5 Å². The summed E-state index contributed by atoms with van der Waals surface area (Å²) < 4.78 is 1.61. The van der Waals surface area contributed by atoms with Gasteiger partial charge in [-0.2, -0.15) is 0 Å². The van der Waals surface area contributed by atoms with E-state index in [-0.39, 0.29) is 16.4 Å². The molecule has 0 amide bonds. The van der Waals surface area contributed by atoms with Crippen molar-refractivity contribution in [2.24, 2.45) is 0 Å².